The van der Waals surface area contributed by atoms with Crippen molar-refractivity contribution < 1.29 is 4.79 Å². The summed E-state index contributed by atoms with van der Waals surface area (Å²) in [5, 5.41) is 10.8. The lowest BCUT2D eigenvalue weighted by molar-refractivity contribution is -0.131. The number of carbonyl (C=O) groups excluding carboxylic acids is 1. The zero-order valence-electron chi connectivity index (χ0n) is 15.8. The molecule has 0 saturated carbocycles. The fourth-order valence-electron chi connectivity index (χ4n) is 2.35. The molecule has 0 saturated heterocycles. The maximum Gasteiger partial charge on any atom is 0.242 e. The van der Waals surface area contributed by atoms with Crippen LogP contribution in [0.1, 0.15) is 33.6 Å². The standard InChI is InChI=1S/C16H31N7O.HI/c1-5-17-16(21(4)12-15(24)23(6-2)7-3)18-10-8-9-11-22-13-19-20-14-22;/h13-14H,5-12H2,1-4H3,(H,17,18);1H. The number of halogens is 1. The van der Waals surface area contributed by atoms with E-state index in [0.717, 1.165) is 51.5 Å². The number of rotatable bonds is 10. The lowest BCUT2D eigenvalue weighted by Crippen LogP contribution is -2.45. The van der Waals surface area contributed by atoms with Gasteiger partial charge in [0.05, 0.1) is 6.54 Å². The quantitative estimate of drug-likeness (QED) is 0.245. The molecule has 9 heteroatoms. The van der Waals surface area contributed by atoms with E-state index < -0.39 is 0 Å². The van der Waals surface area contributed by atoms with Crippen LogP contribution in [0.25, 0.3) is 0 Å². The van der Waals surface area contributed by atoms with Gasteiger partial charge < -0.3 is 19.7 Å². The maximum absolute atomic E-state index is 12.2. The van der Waals surface area contributed by atoms with Crippen LogP contribution in [0, 0.1) is 0 Å². The molecule has 1 aromatic heterocycles. The molecule has 1 N–H and O–H groups in total. The Morgan fingerprint density at radius 2 is 1.80 bits per heavy atom. The van der Waals surface area contributed by atoms with Crippen molar-refractivity contribution in [3.8, 4) is 0 Å². The van der Waals surface area contributed by atoms with Crippen LogP contribution < -0.4 is 5.32 Å². The highest BCUT2D eigenvalue weighted by Crippen LogP contribution is 1.97. The summed E-state index contributed by atoms with van der Waals surface area (Å²) < 4.78 is 1.96. The normalized spacial score (nSPS) is 11.0. The van der Waals surface area contributed by atoms with E-state index in [2.05, 4.69) is 20.5 Å². The first-order valence-corrected chi connectivity index (χ1v) is 8.71. The zero-order valence-corrected chi connectivity index (χ0v) is 18.1. The van der Waals surface area contributed by atoms with Gasteiger partial charge in [-0.2, -0.15) is 0 Å². The number of unbranched alkanes of at least 4 members (excludes halogenated alkanes) is 1. The molecule has 0 atom stereocenters. The first-order chi connectivity index (χ1) is 11.6. The second-order valence-electron chi connectivity index (χ2n) is 5.56. The van der Waals surface area contributed by atoms with Gasteiger partial charge in [-0.15, -0.1) is 34.2 Å². The number of nitrogens with one attached hydrogen (secondary N) is 1. The summed E-state index contributed by atoms with van der Waals surface area (Å²) in [7, 11) is 1.90. The van der Waals surface area contributed by atoms with Crippen molar-refractivity contribution in [2.24, 2.45) is 4.99 Å². The van der Waals surface area contributed by atoms with E-state index >= 15 is 0 Å². The molecule has 0 aliphatic carbocycles. The van der Waals surface area contributed by atoms with Gasteiger partial charge in [-0.3, -0.25) is 9.79 Å². The Morgan fingerprint density at radius 1 is 1.16 bits per heavy atom. The van der Waals surface area contributed by atoms with Gasteiger partial charge in [0.1, 0.15) is 12.7 Å². The van der Waals surface area contributed by atoms with Gasteiger partial charge in [-0.25, -0.2) is 0 Å². The van der Waals surface area contributed by atoms with Crippen LogP contribution >= 0.6 is 24.0 Å². The molecule has 1 aromatic rings. The Labute approximate surface area is 168 Å². The third kappa shape index (κ3) is 9.03. The van der Waals surface area contributed by atoms with Gasteiger partial charge in [-0.05, 0) is 33.6 Å². The van der Waals surface area contributed by atoms with Crippen molar-refractivity contribution in [3.05, 3.63) is 12.7 Å². The van der Waals surface area contributed by atoms with Gasteiger partial charge >= 0.3 is 0 Å². The minimum atomic E-state index is 0. The summed E-state index contributed by atoms with van der Waals surface area (Å²) in [5.74, 6) is 0.906. The first-order valence-electron chi connectivity index (χ1n) is 8.71. The van der Waals surface area contributed by atoms with Gasteiger partial charge in [0, 0.05) is 39.8 Å². The molecule has 144 valence electrons. The van der Waals surface area contributed by atoms with E-state index in [-0.39, 0.29) is 29.9 Å². The second kappa shape index (κ2) is 13.9. The van der Waals surface area contributed by atoms with E-state index in [1.807, 2.05) is 42.2 Å². The Morgan fingerprint density at radius 3 is 2.36 bits per heavy atom. The number of hydrogen-bond donors (Lipinski definition) is 1. The van der Waals surface area contributed by atoms with Crippen molar-refractivity contribution in [2.75, 3.05) is 39.8 Å². The summed E-state index contributed by atoms with van der Waals surface area (Å²) >= 11 is 0. The highest BCUT2D eigenvalue weighted by molar-refractivity contribution is 14.0. The topological polar surface area (TPSA) is 78.6 Å². The summed E-state index contributed by atoms with van der Waals surface area (Å²) in [6, 6.07) is 0. The van der Waals surface area contributed by atoms with Gasteiger partial charge in [0.25, 0.3) is 0 Å². The van der Waals surface area contributed by atoms with Crippen LogP contribution in [0.15, 0.2) is 17.6 Å². The number of aliphatic imine (C=N–C) groups is 1. The van der Waals surface area contributed by atoms with Gasteiger partial charge in [-0.1, -0.05) is 0 Å². The molecule has 0 aliphatic heterocycles. The Bertz CT molecular complexity index is 489. The predicted molar refractivity (Wildman–Crippen MR) is 111 cm³/mol. The number of carbonyl (C=O) groups is 1. The molecule has 8 nitrogen and oxygen atoms in total. The number of aryl methyl sites for hydroxylation is 1. The smallest absolute Gasteiger partial charge is 0.242 e. The summed E-state index contributed by atoms with van der Waals surface area (Å²) in [5.41, 5.74) is 0. The number of hydrogen-bond acceptors (Lipinski definition) is 4. The molecule has 1 rings (SSSR count). The molecule has 0 radical (unpaired) electrons. The monoisotopic (exact) mass is 465 g/mol. The molecule has 0 aliphatic rings. The van der Waals surface area contributed by atoms with E-state index in [1.165, 1.54) is 0 Å². The van der Waals surface area contributed by atoms with Crippen LogP contribution in [-0.4, -0.2) is 76.2 Å². The number of guanidine groups is 1. The van der Waals surface area contributed by atoms with E-state index in [9.17, 15) is 4.79 Å². The number of likely N-dealkylation sites (N-methyl/N-ethyl adjacent to an activating group) is 2. The highest BCUT2D eigenvalue weighted by atomic mass is 127. The van der Waals surface area contributed by atoms with Crippen LogP contribution in [0.5, 0.6) is 0 Å². The van der Waals surface area contributed by atoms with Crippen molar-refractivity contribution in [3.63, 3.8) is 0 Å². The zero-order chi connectivity index (χ0) is 17.8. The molecule has 0 bridgehead atoms. The molecule has 1 heterocycles. The third-order valence-electron chi connectivity index (χ3n) is 3.74. The Hall–Kier alpha value is -1.39. The average Bonchev–Trinajstić information content (AvgIpc) is 3.08. The molecule has 0 fully saturated rings. The van der Waals surface area contributed by atoms with Crippen LogP contribution in [-0.2, 0) is 11.3 Å². The average molecular weight is 465 g/mol. The van der Waals surface area contributed by atoms with Crippen molar-refractivity contribution in [2.45, 2.75) is 40.2 Å². The van der Waals surface area contributed by atoms with Crippen molar-refractivity contribution >= 4 is 35.8 Å². The number of aromatic nitrogens is 3. The third-order valence-corrected chi connectivity index (χ3v) is 3.74. The SMILES string of the molecule is CCNC(=NCCCCn1cnnc1)N(C)CC(=O)N(CC)CC.I. The summed E-state index contributed by atoms with van der Waals surface area (Å²) in [6.45, 7) is 10.2. The summed E-state index contributed by atoms with van der Waals surface area (Å²) in [4.78, 5) is 20.6. The number of nitrogens with zero attached hydrogens (tertiary/aromatic N) is 6. The van der Waals surface area contributed by atoms with Crippen molar-refractivity contribution in [1.82, 2.24) is 29.9 Å². The van der Waals surface area contributed by atoms with Gasteiger partial charge in [0.2, 0.25) is 5.91 Å². The molecule has 1 amide bonds. The lowest BCUT2D eigenvalue weighted by atomic mass is 10.3. The number of amides is 1. The minimum Gasteiger partial charge on any atom is -0.357 e. The molecular weight excluding hydrogens is 433 g/mol. The van der Waals surface area contributed by atoms with E-state index in [4.69, 9.17) is 0 Å². The summed E-state index contributed by atoms with van der Waals surface area (Å²) in [6.07, 6.45) is 5.44. The van der Waals surface area contributed by atoms with Crippen LogP contribution in [0.2, 0.25) is 0 Å². The minimum absolute atomic E-state index is 0. The van der Waals surface area contributed by atoms with Crippen LogP contribution in [0.4, 0.5) is 0 Å². The Balaban J connectivity index is 0.00000576. The first kappa shape index (κ1) is 23.6. The largest absolute Gasteiger partial charge is 0.357 e. The highest BCUT2D eigenvalue weighted by Gasteiger charge is 2.14. The molecule has 0 aromatic carbocycles. The van der Waals surface area contributed by atoms with E-state index in [1.54, 1.807) is 12.7 Å². The predicted octanol–water partition coefficient (Wildman–Crippen LogP) is 1.44. The van der Waals surface area contributed by atoms with Crippen molar-refractivity contribution in [1.29, 1.82) is 0 Å². The lowest BCUT2D eigenvalue weighted by Gasteiger charge is -2.25. The molecule has 0 unspecified atom stereocenters. The second-order valence-corrected chi connectivity index (χ2v) is 5.56. The fourth-order valence-corrected chi connectivity index (χ4v) is 2.35. The van der Waals surface area contributed by atoms with Gasteiger partial charge in [0.15, 0.2) is 5.96 Å². The Kier molecular flexibility index (Phi) is 13.1. The molecular formula is C16H32IN7O. The fraction of sp³-hybridized carbons (Fsp3) is 0.750. The maximum atomic E-state index is 12.2. The van der Waals surface area contributed by atoms with Crippen LogP contribution in [0.3, 0.4) is 0 Å². The van der Waals surface area contributed by atoms with E-state index in [0.29, 0.717) is 6.54 Å². The molecule has 0 spiro atoms. The molecule has 25 heavy (non-hydrogen) atoms.